The Labute approximate surface area is 159 Å². The Hall–Kier alpha value is -2.68. The molecule has 2 N–H and O–H groups in total. The summed E-state index contributed by atoms with van der Waals surface area (Å²) in [6.07, 6.45) is -0.512. The average molecular weight is 380 g/mol. The average Bonchev–Trinajstić information content (AvgIpc) is 2.52. The van der Waals surface area contributed by atoms with Crippen molar-refractivity contribution in [2.75, 3.05) is 27.2 Å². The summed E-state index contributed by atoms with van der Waals surface area (Å²) >= 11 is 0. The third-order valence-electron chi connectivity index (χ3n) is 3.45. The van der Waals surface area contributed by atoms with E-state index in [1.54, 1.807) is 32.9 Å². The van der Waals surface area contributed by atoms with Crippen LogP contribution in [0.1, 0.15) is 26.3 Å². The van der Waals surface area contributed by atoms with Crippen molar-refractivity contribution in [3.05, 3.63) is 39.9 Å². The molecule has 9 nitrogen and oxygen atoms in total. The molecule has 0 aliphatic rings. The SMILES string of the molecule is CN(C)CCNC(=O)[C@H](Cc1ccc([N+](=O)[O-])cc1)NC(=O)OC(C)(C)C. The Morgan fingerprint density at radius 3 is 2.30 bits per heavy atom. The van der Waals surface area contributed by atoms with Crippen molar-refractivity contribution < 1.29 is 19.2 Å². The molecule has 9 heteroatoms. The minimum absolute atomic E-state index is 0.0363. The topological polar surface area (TPSA) is 114 Å². The zero-order valence-corrected chi connectivity index (χ0v) is 16.4. The van der Waals surface area contributed by atoms with Crippen LogP contribution in [-0.2, 0) is 16.0 Å². The molecule has 0 heterocycles. The molecule has 0 radical (unpaired) electrons. The van der Waals surface area contributed by atoms with E-state index in [1.807, 2.05) is 19.0 Å². The number of alkyl carbamates (subject to hydrolysis) is 1. The lowest BCUT2D eigenvalue weighted by molar-refractivity contribution is -0.384. The first-order valence-corrected chi connectivity index (χ1v) is 8.63. The predicted molar refractivity (Wildman–Crippen MR) is 102 cm³/mol. The summed E-state index contributed by atoms with van der Waals surface area (Å²) in [5, 5.41) is 16.1. The summed E-state index contributed by atoms with van der Waals surface area (Å²) in [7, 11) is 3.78. The van der Waals surface area contributed by atoms with E-state index in [0.29, 0.717) is 18.7 Å². The van der Waals surface area contributed by atoms with Gasteiger partial charge in [0.1, 0.15) is 11.6 Å². The molecule has 0 aliphatic carbocycles. The molecule has 0 bridgehead atoms. The molecule has 1 aromatic rings. The van der Waals surface area contributed by atoms with Crippen molar-refractivity contribution in [3.8, 4) is 0 Å². The maximum atomic E-state index is 12.5. The zero-order chi connectivity index (χ0) is 20.6. The molecule has 1 rings (SSSR count). The van der Waals surface area contributed by atoms with E-state index >= 15 is 0 Å². The third kappa shape index (κ3) is 9.00. The van der Waals surface area contributed by atoms with E-state index in [-0.39, 0.29) is 18.0 Å². The van der Waals surface area contributed by atoms with Gasteiger partial charge in [0.05, 0.1) is 4.92 Å². The number of non-ortho nitro benzene ring substituents is 1. The van der Waals surface area contributed by atoms with E-state index < -0.39 is 22.7 Å². The molecule has 1 aromatic carbocycles. The molecule has 0 saturated heterocycles. The fraction of sp³-hybridized carbons (Fsp3) is 0.556. The number of ether oxygens (including phenoxy) is 1. The highest BCUT2D eigenvalue weighted by atomic mass is 16.6. The van der Waals surface area contributed by atoms with Crippen LogP contribution < -0.4 is 10.6 Å². The van der Waals surface area contributed by atoms with Gasteiger partial charge in [-0.2, -0.15) is 0 Å². The number of likely N-dealkylation sites (N-methyl/N-ethyl adjacent to an activating group) is 1. The molecule has 2 amide bonds. The molecule has 0 aliphatic heterocycles. The maximum absolute atomic E-state index is 12.5. The van der Waals surface area contributed by atoms with Gasteiger partial charge in [-0.1, -0.05) is 12.1 Å². The number of nitro groups is 1. The number of hydrogen-bond acceptors (Lipinski definition) is 6. The lowest BCUT2D eigenvalue weighted by Gasteiger charge is -2.23. The lowest BCUT2D eigenvalue weighted by atomic mass is 10.0. The molecule has 0 saturated carbocycles. The van der Waals surface area contributed by atoms with E-state index in [2.05, 4.69) is 10.6 Å². The summed E-state index contributed by atoms with van der Waals surface area (Å²) in [5.74, 6) is -0.346. The van der Waals surface area contributed by atoms with E-state index in [0.717, 1.165) is 0 Å². The number of nitrogens with zero attached hydrogens (tertiary/aromatic N) is 2. The number of benzene rings is 1. The van der Waals surface area contributed by atoms with Gasteiger partial charge in [0.15, 0.2) is 0 Å². The first kappa shape index (κ1) is 22.4. The summed E-state index contributed by atoms with van der Waals surface area (Å²) in [5.41, 5.74) is -0.0427. The largest absolute Gasteiger partial charge is 0.444 e. The second-order valence-corrected chi connectivity index (χ2v) is 7.42. The number of nitrogens with one attached hydrogen (secondary N) is 2. The zero-order valence-electron chi connectivity index (χ0n) is 16.4. The van der Waals surface area contributed by atoms with Gasteiger partial charge in [-0.15, -0.1) is 0 Å². The molecular formula is C18H28N4O5. The Bertz CT molecular complexity index is 653. The van der Waals surface area contributed by atoms with E-state index in [4.69, 9.17) is 4.74 Å². The fourth-order valence-electron chi connectivity index (χ4n) is 2.17. The number of rotatable bonds is 8. The minimum Gasteiger partial charge on any atom is -0.444 e. The third-order valence-corrected chi connectivity index (χ3v) is 3.45. The van der Waals surface area contributed by atoms with Gasteiger partial charge >= 0.3 is 6.09 Å². The number of amides is 2. The first-order valence-electron chi connectivity index (χ1n) is 8.63. The Morgan fingerprint density at radius 1 is 1.22 bits per heavy atom. The Morgan fingerprint density at radius 2 is 1.81 bits per heavy atom. The van der Waals surface area contributed by atoms with Crippen molar-refractivity contribution in [3.63, 3.8) is 0 Å². The quantitative estimate of drug-likeness (QED) is 0.524. The molecule has 0 unspecified atom stereocenters. The van der Waals surface area contributed by atoms with Crippen molar-refractivity contribution in [2.45, 2.75) is 38.8 Å². The lowest BCUT2D eigenvalue weighted by Crippen LogP contribution is -2.50. The molecule has 150 valence electrons. The molecule has 0 spiro atoms. The van der Waals surface area contributed by atoms with Crippen LogP contribution in [0.5, 0.6) is 0 Å². The highest BCUT2D eigenvalue weighted by molar-refractivity contribution is 5.86. The van der Waals surface area contributed by atoms with Gasteiger partial charge in [-0.05, 0) is 40.4 Å². The van der Waals surface area contributed by atoms with Crippen LogP contribution in [-0.4, -0.2) is 60.7 Å². The predicted octanol–water partition coefficient (Wildman–Crippen LogP) is 1.71. The van der Waals surface area contributed by atoms with Crippen LogP contribution in [0, 0.1) is 10.1 Å². The van der Waals surface area contributed by atoms with Gasteiger partial charge < -0.3 is 20.3 Å². The second-order valence-electron chi connectivity index (χ2n) is 7.42. The summed E-state index contributed by atoms with van der Waals surface area (Å²) < 4.78 is 5.22. The molecule has 1 atom stereocenters. The van der Waals surface area contributed by atoms with Crippen LogP contribution in [0.15, 0.2) is 24.3 Å². The van der Waals surface area contributed by atoms with E-state index in [1.165, 1.54) is 12.1 Å². The molecule has 0 fully saturated rings. The summed E-state index contributed by atoms with van der Waals surface area (Å²) in [4.78, 5) is 36.8. The second kappa shape index (κ2) is 9.86. The van der Waals surface area contributed by atoms with Crippen molar-refractivity contribution in [1.29, 1.82) is 0 Å². The molecule has 0 aromatic heterocycles. The van der Waals surface area contributed by atoms with Crippen LogP contribution >= 0.6 is 0 Å². The van der Waals surface area contributed by atoms with Crippen LogP contribution in [0.25, 0.3) is 0 Å². The normalized spacial score (nSPS) is 12.4. The highest BCUT2D eigenvalue weighted by Crippen LogP contribution is 2.14. The van der Waals surface area contributed by atoms with Gasteiger partial charge in [0.25, 0.3) is 5.69 Å². The molecule has 27 heavy (non-hydrogen) atoms. The summed E-state index contributed by atoms with van der Waals surface area (Å²) in [6.45, 7) is 6.28. The van der Waals surface area contributed by atoms with Crippen LogP contribution in [0.3, 0.4) is 0 Å². The van der Waals surface area contributed by atoms with Gasteiger partial charge in [-0.3, -0.25) is 14.9 Å². The van der Waals surface area contributed by atoms with Crippen LogP contribution in [0.4, 0.5) is 10.5 Å². The first-order chi connectivity index (χ1) is 12.5. The fourth-order valence-corrected chi connectivity index (χ4v) is 2.17. The Balaban J connectivity index is 2.83. The number of nitro benzene ring substituents is 1. The number of carbonyl (C=O) groups excluding carboxylic acids is 2. The minimum atomic E-state index is -0.858. The van der Waals surface area contributed by atoms with Gasteiger partial charge in [0, 0.05) is 31.6 Å². The van der Waals surface area contributed by atoms with Crippen molar-refractivity contribution >= 4 is 17.7 Å². The highest BCUT2D eigenvalue weighted by Gasteiger charge is 2.24. The number of hydrogen-bond donors (Lipinski definition) is 2. The van der Waals surface area contributed by atoms with Crippen LogP contribution in [0.2, 0.25) is 0 Å². The monoisotopic (exact) mass is 380 g/mol. The Kier molecular flexibility index (Phi) is 8.17. The maximum Gasteiger partial charge on any atom is 0.408 e. The van der Waals surface area contributed by atoms with Gasteiger partial charge in [-0.25, -0.2) is 4.79 Å². The van der Waals surface area contributed by atoms with Crippen molar-refractivity contribution in [1.82, 2.24) is 15.5 Å². The summed E-state index contributed by atoms with van der Waals surface area (Å²) in [6, 6.07) is 5.00. The van der Waals surface area contributed by atoms with Gasteiger partial charge in [0.2, 0.25) is 5.91 Å². The number of carbonyl (C=O) groups is 2. The standard InChI is InChI=1S/C18H28N4O5/c1-18(2,3)27-17(24)20-15(16(23)19-10-11-21(4)5)12-13-6-8-14(9-7-13)22(25)26/h6-9,15H,10-12H2,1-5H3,(H,19,23)(H,20,24)/t15-/m0/s1. The molecular weight excluding hydrogens is 352 g/mol. The van der Waals surface area contributed by atoms with E-state index in [9.17, 15) is 19.7 Å². The van der Waals surface area contributed by atoms with Crippen molar-refractivity contribution in [2.24, 2.45) is 0 Å². The smallest absolute Gasteiger partial charge is 0.408 e.